The minimum atomic E-state index is -0.263. The summed E-state index contributed by atoms with van der Waals surface area (Å²) in [4.78, 5) is 12.4. The van der Waals surface area contributed by atoms with Gasteiger partial charge in [0.1, 0.15) is 5.75 Å². The monoisotopic (exact) mass is 416 g/mol. The van der Waals surface area contributed by atoms with Crippen molar-refractivity contribution in [2.24, 2.45) is 5.41 Å². The molecule has 2 bridgehead atoms. The predicted molar refractivity (Wildman–Crippen MR) is 123 cm³/mol. The quantitative estimate of drug-likeness (QED) is 0.361. The number of phenolic OH excluding ortho intramolecular Hbond substituents is 1. The second-order valence-electron chi connectivity index (χ2n) is 11.0. The van der Waals surface area contributed by atoms with Gasteiger partial charge in [-0.05, 0) is 72.4 Å². The van der Waals surface area contributed by atoms with Gasteiger partial charge in [0, 0.05) is 22.6 Å². The Labute approximate surface area is 177 Å². The van der Waals surface area contributed by atoms with Crippen LogP contribution in [0.3, 0.4) is 0 Å². The maximum Gasteiger partial charge on any atom is 0.330 e. The minimum absolute atomic E-state index is 0.186. The number of esters is 1. The summed E-state index contributed by atoms with van der Waals surface area (Å²) in [6.45, 7) is 13.1. The van der Waals surface area contributed by atoms with E-state index in [-0.39, 0.29) is 22.2 Å². The van der Waals surface area contributed by atoms with Gasteiger partial charge < -0.3 is 9.84 Å². The highest BCUT2D eigenvalue weighted by molar-refractivity contribution is 7.57. The van der Waals surface area contributed by atoms with Crippen LogP contribution in [0.2, 0.25) is 0 Å². The van der Waals surface area contributed by atoms with Crippen LogP contribution in [0.25, 0.3) is 6.08 Å². The van der Waals surface area contributed by atoms with E-state index >= 15 is 0 Å². The Hall–Kier alpha value is -1.34. The first-order valence-electron chi connectivity index (χ1n) is 10.8. The Balaban J connectivity index is 1.74. The molecule has 3 nitrogen and oxygen atoms in total. The lowest BCUT2D eigenvalue weighted by molar-refractivity contribution is -0.141. The lowest BCUT2D eigenvalue weighted by Gasteiger charge is -2.46. The van der Waals surface area contributed by atoms with Gasteiger partial charge in [-0.3, -0.25) is 0 Å². The lowest BCUT2D eigenvalue weighted by Crippen LogP contribution is -2.38. The smallest absolute Gasteiger partial charge is 0.330 e. The molecule has 3 heterocycles. The highest BCUT2D eigenvalue weighted by atomic mass is 31.1. The molecule has 3 fully saturated rings. The molecule has 4 rings (SSSR count). The van der Waals surface area contributed by atoms with Gasteiger partial charge in [-0.1, -0.05) is 41.5 Å². The number of fused-ring (bicyclic) bond motifs is 3. The van der Waals surface area contributed by atoms with Crippen LogP contribution in [0, 0.1) is 5.41 Å². The van der Waals surface area contributed by atoms with E-state index in [1.807, 2.05) is 18.2 Å². The van der Waals surface area contributed by atoms with E-state index in [9.17, 15) is 9.90 Å². The van der Waals surface area contributed by atoms with Gasteiger partial charge >= 0.3 is 5.97 Å². The first-order valence-corrected chi connectivity index (χ1v) is 12.7. The Morgan fingerprint density at radius 3 is 1.97 bits per heavy atom. The Morgan fingerprint density at radius 2 is 1.52 bits per heavy atom. The van der Waals surface area contributed by atoms with Gasteiger partial charge in [-0.15, -0.1) is 7.92 Å². The van der Waals surface area contributed by atoms with Gasteiger partial charge in [-0.2, -0.15) is 0 Å². The maximum absolute atomic E-state index is 12.4. The largest absolute Gasteiger partial charge is 0.507 e. The van der Waals surface area contributed by atoms with Crippen LogP contribution < -0.4 is 0 Å². The zero-order valence-electron chi connectivity index (χ0n) is 19.0. The van der Waals surface area contributed by atoms with Gasteiger partial charge in [0.05, 0.1) is 6.61 Å². The summed E-state index contributed by atoms with van der Waals surface area (Å²) in [6, 6.07) is 3.97. The van der Waals surface area contributed by atoms with Crippen LogP contribution >= 0.6 is 7.92 Å². The number of ether oxygens (including phenoxy) is 1. The van der Waals surface area contributed by atoms with Crippen LogP contribution in [-0.2, 0) is 20.4 Å². The van der Waals surface area contributed by atoms with Crippen molar-refractivity contribution in [3.63, 3.8) is 0 Å². The zero-order chi connectivity index (χ0) is 21.4. The molecular formula is C25H37O3P. The molecule has 3 saturated heterocycles. The normalized spacial score (nSPS) is 24.8. The average Bonchev–Trinajstić information content (AvgIpc) is 2.65. The number of aromatic hydroxyl groups is 1. The summed E-state index contributed by atoms with van der Waals surface area (Å²) in [6.07, 6.45) is 11.2. The molecule has 3 aliphatic rings. The van der Waals surface area contributed by atoms with E-state index in [0.717, 1.165) is 16.7 Å². The lowest BCUT2D eigenvalue weighted by atomic mass is 9.78. The SMILES string of the molecule is CC(C)(C)c1cc(/C=C/C(=O)OCC23CCP(CC2)CC3)cc(C(C)(C)C)c1O. The zero-order valence-corrected chi connectivity index (χ0v) is 19.9. The van der Waals surface area contributed by atoms with E-state index in [1.54, 1.807) is 6.08 Å². The van der Waals surface area contributed by atoms with Gasteiger partial charge in [0.25, 0.3) is 0 Å². The molecule has 160 valence electrons. The Kier molecular flexibility index (Phi) is 6.21. The average molecular weight is 417 g/mol. The molecule has 1 aromatic carbocycles. The molecule has 3 aliphatic heterocycles. The number of carbonyl (C=O) groups excluding carboxylic acids is 1. The third-order valence-corrected chi connectivity index (χ3v) is 9.12. The number of hydrogen-bond acceptors (Lipinski definition) is 3. The summed E-state index contributed by atoms with van der Waals surface area (Å²) >= 11 is 0. The van der Waals surface area contributed by atoms with Crippen LogP contribution in [0.5, 0.6) is 5.75 Å². The van der Waals surface area contributed by atoms with Crippen molar-refractivity contribution in [2.75, 3.05) is 25.1 Å². The predicted octanol–water partition coefficient (Wildman–Crippen LogP) is 6.21. The molecule has 29 heavy (non-hydrogen) atoms. The molecule has 0 saturated carbocycles. The number of hydrogen-bond donors (Lipinski definition) is 1. The Bertz CT molecular complexity index is 738. The van der Waals surface area contributed by atoms with E-state index in [1.165, 1.54) is 37.7 Å². The number of phenols is 1. The molecule has 0 atom stereocenters. The van der Waals surface area contributed by atoms with Crippen molar-refractivity contribution in [1.29, 1.82) is 0 Å². The van der Waals surface area contributed by atoms with E-state index in [2.05, 4.69) is 41.5 Å². The molecule has 0 amide bonds. The molecule has 0 radical (unpaired) electrons. The van der Waals surface area contributed by atoms with E-state index < -0.39 is 0 Å². The fraction of sp³-hybridized carbons (Fsp3) is 0.640. The Morgan fingerprint density at radius 1 is 1.03 bits per heavy atom. The summed E-state index contributed by atoms with van der Waals surface area (Å²) in [5.74, 6) is 0.0962. The maximum atomic E-state index is 12.4. The summed E-state index contributed by atoms with van der Waals surface area (Å²) < 4.78 is 5.67. The number of benzene rings is 1. The minimum Gasteiger partial charge on any atom is -0.507 e. The number of rotatable bonds is 4. The topological polar surface area (TPSA) is 46.5 Å². The van der Waals surface area contributed by atoms with Gasteiger partial charge in [-0.25, -0.2) is 4.79 Å². The fourth-order valence-corrected chi connectivity index (χ4v) is 7.49. The number of carbonyl (C=O) groups is 1. The van der Waals surface area contributed by atoms with Crippen LogP contribution in [0.1, 0.15) is 77.5 Å². The van der Waals surface area contributed by atoms with Crippen molar-refractivity contribution in [3.05, 3.63) is 34.9 Å². The van der Waals surface area contributed by atoms with Gasteiger partial charge in [0.2, 0.25) is 0 Å². The molecule has 0 aromatic heterocycles. The molecule has 0 aliphatic carbocycles. The van der Waals surface area contributed by atoms with E-state index in [0.29, 0.717) is 20.3 Å². The molecule has 4 heteroatoms. The summed E-state index contributed by atoms with van der Waals surface area (Å²) in [5.41, 5.74) is 2.60. The first-order chi connectivity index (χ1) is 13.4. The molecule has 0 unspecified atom stereocenters. The van der Waals surface area contributed by atoms with Crippen molar-refractivity contribution in [2.45, 2.75) is 71.6 Å². The standard InChI is InChI=1S/C25H37O3P/c1-23(2,3)19-15-18(16-20(22(19)27)24(4,5)6)7-8-21(26)28-17-25-9-12-29(13-10-25)14-11-25/h7-8,15-16,27H,9-14,17H2,1-6H3/b8-7+. The van der Waals surface area contributed by atoms with Crippen LogP contribution in [0.4, 0.5) is 0 Å². The fourth-order valence-electron chi connectivity index (χ4n) is 4.45. The molecular weight excluding hydrogens is 379 g/mol. The first kappa shape index (κ1) is 22.3. The van der Waals surface area contributed by atoms with Crippen molar-refractivity contribution in [3.8, 4) is 5.75 Å². The molecule has 1 N–H and O–H groups in total. The summed E-state index contributed by atoms with van der Waals surface area (Å²) in [7, 11) is 0.298. The van der Waals surface area contributed by atoms with Gasteiger partial charge in [0.15, 0.2) is 0 Å². The summed E-state index contributed by atoms with van der Waals surface area (Å²) in [5, 5.41) is 10.8. The third kappa shape index (κ3) is 5.23. The van der Waals surface area contributed by atoms with Crippen LogP contribution in [-0.4, -0.2) is 36.2 Å². The molecule has 1 aromatic rings. The van der Waals surface area contributed by atoms with Crippen molar-refractivity contribution in [1.82, 2.24) is 0 Å². The third-order valence-electron chi connectivity index (χ3n) is 6.56. The van der Waals surface area contributed by atoms with Crippen LogP contribution in [0.15, 0.2) is 18.2 Å². The highest BCUT2D eigenvalue weighted by Crippen LogP contribution is 2.57. The second-order valence-corrected chi connectivity index (χ2v) is 13.7. The van der Waals surface area contributed by atoms with E-state index in [4.69, 9.17) is 4.74 Å². The second kappa shape index (κ2) is 8.06. The molecule has 0 spiro atoms. The van der Waals surface area contributed by atoms with Crippen molar-refractivity contribution < 1.29 is 14.6 Å². The van der Waals surface area contributed by atoms with Crippen molar-refractivity contribution >= 4 is 20.0 Å². The highest BCUT2D eigenvalue weighted by Gasteiger charge is 2.41.